The number of aromatic nitrogens is 2. The summed E-state index contributed by atoms with van der Waals surface area (Å²) in [5.74, 6) is 0.955. The maximum atomic E-state index is 8.61. The average molecular weight is 208 g/mol. The van der Waals surface area contributed by atoms with Crippen molar-refractivity contribution in [3.8, 4) is 6.07 Å². The number of thioether (sulfide) groups is 1. The zero-order valence-electron chi connectivity index (χ0n) is 8.27. The molecule has 0 saturated carbocycles. The molecule has 5 heteroatoms. The van der Waals surface area contributed by atoms with Crippen molar-refractivity contribution in [3.63, 3.8) is 0 Å². The van der Waals surface area contributed by atoms with E-state index in [1.807, 2.05) is 20.2 Å². The normalized spacial score (nSPS) is 10.1. The lowest BCUT2D eigenvalue weighted by molar-refractivity contribution is 0.437. The van der Waals surface area contributed by atoms with Crippen LogP contribution >= 0.6 is 11.8 Å². The van der Waals surface area contributed by atoms with Gasteiger partial charge in [-0.05, 0) is 14.1 Å². The van der Waals surface area contributed by atoms with Crippen LogP contribution in [0.2, 0.25) is 0 Å². The van der Waals surface area contributed by atoms with E-state index >= 15 is 0 Å². The average Bonchev–Trinajstić information content (AvgIpc) is 2.18. The third kappa shape index (κ3) is 3.73. The molecule has 1 aromatic rings. The van der Waals surface area contributed by atoms with Crippen molar-refractivity contribution in [1.29, 1.82) is 5.26 Å². The quantitative estimate of drug-likeness (QED) is 0.691. The van der Waals surface area contributed by atoms with Crippen molar-refractivity contribution in [2.24, 2.45) is 0 Å². The van der Waals surface area contributed by atoms with Crippen LogP contribution in [0.15, 0.2) is 17.4 Å². The topological polar surface area (TPSA) is 52.8 Å². The Morgan fingerprint density at radius 3 is 2.93 bits per heavy atom. The Hall–Kier alpha value is -1.12. The van der Waals surface area contributed by atoms with Crippen molar-refractivity contribution in [1.82, 2.24) is 14.9 Å². The molecule has 4 nitrogen and oxygen atoms in total. The molecule has 0 amide bonds. The van der Waals surface area contributed by atoms with E-state index in [0.29, 0.717) is 5.69 Å². The summed E-state index contributed by atoms with van der Waals surface area (Å²) in [4.78, 5) is 10.1. The highest BCUT2D eigenvalue weighted by atomic mass is 32.2. The monoisotopic (exact) mass is 208 g/mol. The molecule has 1 aromatic heterocycles. The summed E-state index contributed by atoms with van der Waals surface area (Å²) in [6.45, 7) is 0.989. The maximum absolute atomic E-state index is 8.61. The zero-order valence-corrected chi connectivity index (χ0v) is 9.08. The Morgan fingerprint density at radius 2 is 2.29 bits per heavy atom. The van der Waals surface area contributed by atoms with Crippen LogP contribution in [-0.4, -0.2) is 41.3 Å². The van der Waals surface area contributed by atoms with Crippen LogP contribution in [0.1, 0.15) is 5.69 Å². The van der Waals surface area contributed by atoms with E-state index < -0.39 is 0 Å². The molecule has 0 spiro atoms. The van der Waals surface area contributed by atoms with Crippen LogP contribution in [0, 0.1) is 11.3 Å². The molecule has 1 heterocycles. The van der Waals surface area contributed by atoms with E-state index in [0.717, 1.165) is 17.3 Å². The zero-order chi connectivity index (χ0) is 10.4. The van der Waals surface area contributed by atoms with Gasteiger partial charge >= 0.3 is 0 Å². The highest BCUT2D eigenvalue weighted by Gasteiger charge is 1.99. The third-order valence-electron chi connectivity index (χ3n) is 1.52. The fourth-order valence-corrected chi connectivity index (χ4v) is 1.77. The molecule has 0 aliphatic carbocycles. The number of hydrogen-bond acceptors (Lipinski definition) is 5. The SMILES string of the molecule is CN(C)CCSc1cncc(C#N)n1. The molecule has 0 N–H and O–H groups in total. The minimum Gasteiger partial charge on any atom is -0.309 e. The minimum atomic E-state index is 0.375. The van der Waals surface area contributed by atoms with Gasteiger partial charge in [0.15, 0.2) is 5.69 Å². The molecule has 0 unspecified atom stereocenters. The van der Waals surface area contributed by atoms with Gasteiger partial charge in [-0.2, -0.15) is 5.26 Å². The third-order valence-corrected chi connectivity index (χ3v) is 2.39. The van der Waals surface area contributed by atoms with E-state index in [2.05, 4.69) is 14.9 Å². The van der Waals surface area contributed by atoms with Crippen molar-refractivity contribution >= 4 is 11.8 Å². The summed E-state index contributed by atoms with van der Waals surface area (Å²) in [7, 11) is 4.05. The van der Waals surface area contributed by atoms with Gasteiger partial charge in [-0.1, -0.05) is 0 Å². The second-order valence-electron chi connectivity index (χ2n) is 3.01. The smallest absolute Gasteiger partial charge is 0.160 e. The lowest BCUT2D eigenvalue weighted by atomic mass is 10.5. The number of rotatable bonds is 4. The number of nitrogens with zero attached hydrogens (tertiary/aromatic N) is 4. The molecule has 74 valence electrons. The Morgan fingerprint density at radius 1 is 1.50 bits per heavy atom. The molecule has 0 fully saturated rings. The summed E-state index contributed by atoms with van der Waals surface area (Å²) in [6, 6.07) is 1.97. The van der Waals surface area contributed by atoms with E-state index in [4.69, 9.17) is 5.26 Å². The van der Waals surface area contributed by atoms with Crippen molar-refractivity contribution in [3.05, 3.63) is 18.1 Å². The van der Waals surface area contributed by atoms with E-state index in [9.17, 15) is 0 Å². The molecule has 0 radical (unpaired) electrons. The molecule has 0 bridgehead atoms. The predicted octanol–water partition coefficient (Wildman–Crippen LogP) is 1.00. The summed E-state index contributed by atoms with van der Waals surface area (Å²) in [6.07, 6.45) is 3.15. The molecule has 14 heavy (non-hydrogen) atoms. The highest BCUT2D eigenvalue weighted by molar-refractivity contribution is 7.99. The standard InChI is InChI=1S/C9H12N4S/c1-13(2)3-4-14-9-7-11-6-8(5-10)12-9/h6-7H,3-4H2,1-2H3. The van der Waals surface area contributed by atoms with Crippen molar-refractivity contribution in [2.45, 2.75) is 5.03 Å². The molecule has 0 aliphatic rings. The number of hydrogen-bond donors (Lipinski definition) is 0. The van der Waals surface area contributed by atoms with E-state index in [-0.39, 0.29) is 0 Å². The van der Waals surface area contributed by atoms with Gasteiger partial charge in [0.2, 0.25) is 0 Å². The summed E-state index contributed by atoms with van der Waals surface area (Å²) in [5, 5.41) is 9.42. The van der Waals surface area contributed by atoms with Gasteiger partial charge < -0.3 is 4.90 Å². The Kier molecular flexibility index (Phi) is 4.36. The minimum absolute atomic E-state index is 0.375. The first kappa shape index (κ1) is 11.0. The fraction of sp³-hybridized carbons (Fsp3) is 0.444. The van der Waals surface area contributed by atoms with Crippen molar-refractivity contribution < 1.29 is 0 Å². The van der Waals surface area contributed by atoms with Crippen LogP contribution in [-0.2, 0) is 0 Å². The first-order chi connectivity index (χ1) is 6.72. The molecule has 0 saturated heterocycles. The maximum Gasteiger partial charge on any atom is 0.160 e. The van der Waals surface area contributed by atoms with Gasteiger partial charge in [0, 0.05) is 12.3 Å². The first-order valence-electron chi connectivity index (χ1n) is 4.22. The molecular weight excluding hydrogens is 196 g/mol. The molecule has 0 aromatic carbocycles. The van der Waals surface area contributed by atoms with Crippen LogP contribution < -0.4 is 0 Å². The van der Waals surface area contributed by atoms with Gasteiger partial charge in [-0.3, -0.25) is 4.98 Å². The van der Waals surface area contributed by atoms with Gasteiger partial charge in [0.1, 0.15) is 11.1 Å². The Bertz CT molecular complexity index is 332. The second kappa shape index (κ2) is 5.58. The lowest BCUT2D eigenvalue weighted by Crippen LogP contribution is -2.14. The van der Waals surface area contributed by atoms with Crippen LogP contribution in [0.4, 0.5) is 0 Å². The Balaban J connectivity index is 2.47. The van der Waals surface area contributed by atoms with Gasteiger partial charge in [0.05, 0.1) is 12.4 Å². The van der Waals surface area contributed by atoms with Crippen LogP contribution in [0.5, 0.6) is 0 Å². The first-order valence-corrected chi connectivity index (χ1v) is 5.20. The second-order valence-corrected chi connectivity index (χ2v) is 4.12. The molecule has 0 atom stereocenters. The summed E-state index contributed by atoms with van der Waals surface area (Å²) in [5.41, 5.74) is 0.375. The van der Waals surface area contributed by atoms with Gasteiger partial charge in [-0.15, -0.1) is 11.8 Å². The lowest BCUT2D eigenvalue weighted by Gasteiger charge is -2.07. The largest absolute Gasteiger partial charge is 0.309 e. The van der Waals surface area contributed by atoms with Gasteiger partial charge in [0.25, 0.3) is 0 Å². The summed E-state index contributed by atoms with van der Waals surface area (Å²) >= 11 is 1.61. The molecule has 1 rings (SSSR count). The highest BCUT2D eigenvalue weighted by Crippen LogP contribution is 2.13. The number of nitriles is 1. The van der Waals surface area contributed by atoms with Crippen molar-refractivity contribution in [2.75, 3.05) is 26.4 Å². The predicted molar refractivity (Wildman–Crippen MR) is 56.0 cm³/mol. The van der Waals surface area contributed by atoms with E-state index in [1.165, 1.54) is 6.20 Å². The van der Waals surface area contributed by atoms with E-state index in [1.54, 1.807) is 18.0 Å². The molecule has 0 aliphatic heterocycles. The molecular formula is C9H12N4S. The Labute approximate surface area is 88.0 Å². The van der Waals surface area contributed by atoms with Gasteiger partial charge in [-0.25, -0.2) is 4.98 Å². The fourth-order valence-electron chi connectivity index (χ4n) is 0.804. The van der Waals surface area contributed by atoms with Crippen LogP contribution in [0.25, 0.3) is 0 Å². The van der Waals surface area contributed by atoms with Crippen LogP contribution in [0.3, 0.4) is 0 Å². The summed E-state index contributed by atoms with van der Waals surface area (Å²) < 4.78 is 0.